The van der Waals surface area contributed by atoms with Crippen LogP contribution in [0.3, 0.4) is 0 Å². The van der Waals surface area contributed by atoms with Crippen molar-refractivity contribution in [3.63, 3.8) is 0 Å². The summed E-state index contributed by atoms with van der Waals surface area (Å²) in [6.45, 7) is 5.27. The zero-order valence-corrected chi connectivity index (χ0v) is 21.1. The molecule has 186 valence electrons. The van der Waals surface area contributed by atoms with Gasteiger partial charge in [0.25, 0.3) is 5.91 Å². The minimum absolute atomic E-state index is 0.102. The molecular formula is C26H32N4O4S. The number of para-hydroxylation sites is 2. The highest BCUT2D eigenvalue weighted by atomic mass is 32.2. The number of carbonyl (C=O) groups is 2. The van der Waals surface area contributed by atoms with Crippen LogP contribution in [-0.2, 0) is 26.0 Å². The van der Waals surface area contributed by atoms with Gasteiger partial charge in [0.15, 0.2) is 0 Å². The summed E-state index contributed by atoms with van der Waals surface area (Å²) in [6.07, 6.45) is 3.81. The summed E-state index contributed by atoms with van der Waals surface area (Å²) >= 11 is 0. The molecule has 1 spiro atoms. The van der Waals surface area contributed by atoms with Crippen LogP contribution in [0, 0.1) is 0 Å². The minimum atomic E-state index is -3.54. The molecule has 8 nitrogen and oxygen atoms in total. The second-order valence-electron chi connectivity index (χ2n) is 9.49. The van der Waals surface area contributed by atoms with Gasteiger partial charge in [-0.25, -0.2) is 8.42 Å². The van der Waals surface area contributed by atoms with Gasteiger partial charge in [-0.3, -0.25) is 14.5 Å². The highest BCUT2D eigenvalue weighted by Gasteiger charge is 2.52. The third-order valence-corrected chi connectivity index (χ3v) is 9.68. The Bertz CT molecular complexity index is 1270. The zero-order valence-electron chi connectivity index (χ0n) is 20.3. The van der Waals surface area contributed by atoms with Gasteiger partial charge in [0, 0.05) is 25.3 Å². The lowest BCUT2D eigenvalue weighted by Gasteiger charge is -2.45. The van der Waals surface area contributed by atoms with Crippen molar-refractivity contribution in [2.45, 2.75) is 56.4 Å². The van der Waals surface area contributed by atoms with Crippen molar-refractivity contribution in [1.82, 2.24) is 4.31 Å². The van der Waals surface area contributed by atoms with Gasteiger partial charge in [-0.15, -0.1) is 0 Å². The highest BCUT2D eigenvalue weighted by molar-refractivity contribution is 7.89. The number of nitrogens with one attached hydrogen (secondary N) is 1. The van der Waals surface area contributed by atoms with Gasteiger partial charge >= 0.3 is 0 Å². The topological polar surface area (TPSA) is 90.0 Å². The minimum Gasteiger partial charge on any atom is -0.362 e. The normalized spacial score (nSPS) is 18.7. The number of benzene rings is 2. The Kier molecular flexibility index (Phi) is 6.09. The molecule has 0 saturated heterocycles. The van der Waals surface area contributed by atoms with Gasteiger partial charge in [0.05, 0.1) is 22.8 Å². The number of nitrogens with zero attached hydrogens (tertiary/aromatic N) is 3. The standard InChI is InChI=1S/C26H32N4O4S/c1-3-29(4-2)35(33,34)20-11-12-22-19(17-20)13-16-28(22)18-24(31)30-23-10-6-5-9-21(23)27-25(32)26(30)14-7-8-15-26/h5-6,9-12,17H,3-4,7-8,13-16,18H2,1-2H3,(H,27,32). The average Bonchev–Trinajstić information content (AvgIpc) is 3.48. The monoisotopic (exact) mass is 496 g/mol. The SMILES string of the molecule is CCN(CC)S(=O)(=O)c1ccc2c(c1)CCN2CC(=O)N1c2ccccc2NC(=O)C12CCCC2. The molecule has 0 atom stereocenters. The molecule has 2 aromatic carbocycles. The molecular weight excluding hydrogens is 464 g/mol. The fourth-order valence-electron chi connectivity index (χ4n) is 5.85. The first-order valence-electron chi connectivity index (χ1n) is 12.4. The third kappa shape index (κ3) is 3.81. The number of hydrogen-bond acceptors (Lipinski definition) is 5. The first-order valence-corrected chi connectivity index (χ1v) is 13.9. The average molecular weight is 497 g/mol. The second kappa shape index (κ2) is 8.95. The van der Waals surface area contributed by atoms with E-state index in [0.717, 1.165) is 29.8 Å². The van der Waals surface area contributed by atoms with Crippen molar-refractivity contribution in [3.8, 4) is 0 Å². The molecule has 0 bridgehead atoms. The Morgan fingerprint density at radius 2 is 1.77 bits per heavy atom. The van der Waals surface area contributed by atoms with Crippen molar-refractivity contribution < 1.29 is 18.0 Å². The van der Waals surface area contributed by atoms with E-state index < -0.39 is 15.6 Å². The molecule has 2 amide bonds. The first-order chi connectivity index (χ1) is 16.8. The quantitative estimate of drug-likeness (QED) is 0.662. The number of amides is 2. The Morgan fingerprint density at radius 1 is 1.06 bits per heavy atom. The van der Waals surface area contributed by atoms with Crippen molar-refractivity contribution >= 4 is 38.9 Å². The lowest BCUT2D eigenvalue weighted by molar-refractivity contribution is -0.126. The number of rotatable bonds is 6. The predicted octanol–water partition coefficient (Wildman–Crippen LogP) is 3.38. The van der Waals surface area contributed by atoms with Crippen LogP contribution in [0.25, 0.3) is 0 Å². The van der Waals surface area contributed by atoms with Crippen LogP contribution in [0.5, 0.6) is 0 Å². The Morgan fingerprint density at radius 3 is 2.49 bits per heavy atom. The molecule has 9 heteroatoms. The summed E-state index contributed by atoms with van der Waals surface area (Å²) in [6, 6.07) is 12.7. The van der Waals surface area contributed by atoms with E-state index in [4.69, 9.17) is 0 Å². The van der Waals surface area contributed by atoms with Crippen LogP contribution in [0.15, 0.2) is 47.4 Å². The summed E-state index contributed by atoms with van der Waals surface area (Å²) in [7, 11) is -3.54. The molecule has 1 saturated carbocycles. The van der Waals surface area contributed by atoms with Crippen molar-refractivity contribution in [2.24, 2.45) is 0 Å². The van der Waals surface area contributed by atoms with Gasteiger partial charge in [0.2, 0.25) is 15.9 Å². The van der Waals surface area contributed by atoms with E-state index in [-0.39, 0.29) is 18.4 Å². The predicted molar refractivity (Wildman–Crippen MR) is 136 cm³/mol. The molecule has 0 radical (unpaired) electrons. The number of hydrogen-bond donors (Lipinski definition) is 1. The van der Waals surface area contributed by atoms with Crippen molar-refractivity contribution in [3.05, 3.63) is 48.0 Å². The Balaban J connectivity index is 1.43. The summed E-state index contributed by atoms with van der Waals surface area (Å²) in [5.41, 5.74) is 2.39. The Hall–Kier alpha value is -2.91. The maximum Gasteiger partial charge on any atom is 0.250 e. The van der Waals surface area contributed by atoms with Gasteiger partial charge in [0.1, 0.15) is 5.54 Å². The number of anilines is 3. The van der Waals surface area contributed by atoms with Gasteiger partial charge in [-0.05, 0) is 55.2 Å². The van der Waals surface area contributed by atoms with Crippen LogP contribution in [0.4, 0.5) is 17.1 Å². The van der Waals surface area contributed by atoms with E-state index in [9.17, 15) is 18.0 Å². The van der Waals surface area contributed by atoms with Crippen LogP contribution in [0.1, 0.15) is 45.1 Å². The summed E-state index contributed by atoms with van der Waals surface area (Å²) in [5, 5.41) is 3.02. The molecule has 0 unspecified atom stereocenters. The molecule has 1 fully saturated rings. The number of sulfonamides is 1. The van der Waals surface area contributed by atoms with Gasteiger partial charge in [-0.2, -0.15) is 4.31 Å². The van der Waals surface area contributed by atoms with E-state index in [0.29, 0.717) is 49.5 Å². The summed E-state index contributed by atoms with van der Waals surface area (Å²) in [5.74, 6) is -0.211. The molecule has 2 aliphatic heterocycles. The van der Waals surface area contributed by atoms with E-state index >= 15 is 0 Å². The van der Waals surface area contributed by atoms with E-state index in [1.165, 1.54) is 4.31 Å². The fourth-order valence-corrected chi connectivity index (χ4v) is 7.36. The van der Waals surface area contributed by atoms with E-state index in [2.05, 4.69) is 5.32 Å². The lowest BCUT2D eigenvalue weighted by atomic mass is 9.89. The lowest BCUT2D eigenvalue weighted by Crippen LogP contribution is -2.62. The second-order valence-corrected chi connectivity index (χ2v) is 11.4. The molecule has 3 aliphatic rings. The van der Waals surface area contributed by atoms with Crippen LogP contribution in [-0.4, -0.2) is 56.3 Å². The van der Waals surface area contributed by atoms with Crippen LogP contribution in [0.2, 0.25) is 0 Å². The molecule has 1 aliphatic carbocycles. The third-order valence-electron chi connectivity index (χ3n) is 7.64. The van der Waals surface area contributed by atoms with Gasteiger partial charge < -0.3 is 10.2 Å². The van der Waals surface area contributed by atoms with Crippen LogP contribution < -0.4 is 15.1 Å². The summed E-state index contributed by atoms with van der Waals surface area (Å²) in [4.78, 5) is 31.1. The van der Waals surface area contributed by atoms with E-state index in [1.807, 2.05) is 49.1 Å². The zero-order chi connectivity index (χ0) is 24.8. The molecule has 2 heterocycles. The fraction of sp³-hybridized carbons (Fsp3) is 0.462. The first kappa shape index (κ1) is 23.8. The Labute approximate surface area is 206 Å². The molecule has 0 aromatic heterocycles. The maximum absolute atomic E-state index is 13.8. The summed E-state index contributed by atoms with van der Waals surface area (Å²) < 4.78 is 27.4. The smallest absolute Gasteiger partial charge is 0.250 e. The van der Waals surface area contributed by atoms with E-state index in [1.54, 1.807) is 17.0 Å². The highest BCUT2D eigenvalue weighted by Crippen LogP contribution is 2.45. The number of carbonyl (C=O) groups excluding carboxylic acids is 2. The van der Waals surface area contributed by atoms with Crippen LogP contribution >= 0.6 is 0 Å². The molecule has 1 N–H and O–H groups in total. The van der Waals surface area contributed by atoms with Crippen molar-refractivity contribution in [1.29, 1.82) is 0 Å². The molecule has 35 heavy (non-hydrogen) atoms. The molecule has 2 aromatic rings. The largest absolute Gasteiger partial charge is 0.362 e. The molecule has 5 rings (SSSR count). The maximum atomic E-state index is 13.8. The van der Waals surface area contributed by atoms with Gasteiger partial charge in [-0.1, -0.05) is 38.8 Å². The number of fused-ring (bicyclic) bond motifs is 2. The van der Waals surface area contributed by atoms with Crippen molar-refractivity contribution in [2.75, 3.05) is 41.3 Å².